The van der Waals surface area contributed by atoms with Crippen LogP contribution in [0.3, 0.4) is 0 Å². The maximum absolute atomic E-state index is 12.7. The monoisotopic (exact) mass is 270 g/mol. The summed E-state index contributed by atoms with van der Waals surface area (Å²) in [7, 11) is 1.69. The van der Waals surface area contributed by atoms with Crippen LogP contribution < -0.4 is 0 Å². The minimum atomic E-state index is -0.445. The number of rotatable bonds is 8. The predicted octanol–water partition coefficient (Wildman–Crippen LogP) is 3.81. The van der Waals surface area contributed by atoms with E-state index in [2.05, 4.69) is 20.8 Å². The fourth-order valence-corrected chi connectivity index (χ4v) is 3.34. The van der Waals surface area contributed by atoms with Crippen LogP contribution in [0.5, 0.6) is 0 Å². The average Bonchev–Trinajstić information content (AvgIpc) is 2.89. The molecule has 0 amide bonds. The third-order valence-corrected chi connectivity index (χ3v) is 4.61. The van der Waals surface area contributed by atoms with Crippen molar-refractivity contribution in [3.63, 3.8) is 0 Å². The van der Waals surface area contributed by atoms with E-state index in [-0.39, 0.29) is 11.9 Å². The minimum absolute atomic E-state index is 0.0373. The molecule has 1 atom stereocenters. The first kappa shape index (κ1) is 16.5. The molecule has 1 unspecified atom stereocenters. The van der Waals surface area contributed by atoms with E-state index in [0.717, 1.165) is 25.7 Å². The molecule has 1 aliphatic rings. The molecule has 0 aliphatic heterocycles. The van der Waals surface area contributed by atoms with E-state index in [4.69, 9.17) is 9.47 Å². The second kappa shape index (κ2) is 7.88. The molecular weight excluding hydrogens is 240 g/mol. The van der Waals surface area contributed by atoms with Gasteiger partial charge in [0.2, 0.25) is 0 Å². The lowest BCUT2D eigenvalue weighted by molar-refractivity contribution is -0.169. The van der Waals surface area contributed by atoms with Gasteiger partial charge in [-0.25, -0.2) is 0 Å². The second-order valence-electron chi connectivity index (χ2n) is 6.10. The summed E-state index contributed by atoms with van der Waals surface area (Å²) in [6.45, 7) is 7.38. The lowest BCUT2D eigenvalue weighted by Crippen LogP contribution is -2.47. The maximum atomic E-state index is 12.7. The first-order chi connectivity index (χ1) is 9.09. The number of carbonyl (C=O) groups excluding carboxylic acids is 1. The van der Waals surface area contributed by atoms with Crippen LogP contribution in [-0.2, 0) is 14.3 Å². The standard InChI is InChI=1S/C16H30O3/c1-5-6-11-19-15(17)16(12-18-4,13(2)3)14-9-7-8-10-14/h13-14H,5-12H2,1-4H3. The van der Waals surface area contributed by atoms with E-state index in [9.17, 15) is 4.79 Å². The molecule has 0 N–H and O–H groups in total. The molecule has 0 bridgehead atoms. The van der Waals surface area contributed by atoms with Crippen LogP contribution in [0, 0.1) is 17.3 Å². The number of hydrogen-bond donors (Lipinski definition) is 0. The number of hydrogen-bond acceptors (Lipinski definition) is 3. The van der Waals surface area contributed by atoms with E-state index in [1.165, 1.54) is 12.8 Å². The van der Waals surface area contributed by atoms with Crippen molar-refractivity contribution < 1.29 is 14.3 Å². The predicted molar refractivity (Wildman–Crippen MR) is 77.0 cm³/mol. The van der Waals surface area contributed by atoms with Gasteiger partial charge in [0.25, 0.3) is 0 Å². The van der Waals surface area contributed by atoms with E-state index in [1.807, 2.05) is 0 Å². The average molecular weight is 270 g/mol. The maximum Gasteiger partial charge on any atom is 0.314 e. The van der Waals surface area contributed by atoms with Crippen molar-refractivity contribution in [2.45, 2.75) is 59.3 Å². The Morgan fingerprint density at radius 3 is 2.42 bits per heavy atom. The highest BCUT2D eigenvalue weighted by Crippen LogP contribution is 2.46. The molecule has 0 saturated heterocycles. The highest BCUT2D eigenvalue weighted by molar-refractivity contribution is 5.78. The number of unbranched alkanes of at least 4 members (excludes halogenated alkanes) is 1. The van der Waals surface area contributed by atoms with Gasteiger partial charge in [-0.05, 0) is 31.1 Å². The summed E-state index contributed by atoms with van der Waals surface area (Å²) >= 11 is 0. The van der Waals surface area contributed by atoms with Crippen LogP contribution in [-0.4, -0.2) is 26.3 Å². The quantitative estimate of drug-likeness (QED) is 0.497. The van der Waals surface area contributed by atoms with Gasteiger partial charge >= 0.3 is 5.97 Å². The first-order valence-electron chi connectivity index (χ1n) is 7.75. The lowest BCUT2D eigenvalue weighted by Gasteiger charge is -2.39. The van der Waals surface area contributed by atoms with Gasteiger partial charge in [0.05, 0.1) is 18.6 Å². The van der Waals surface area contributed by atoms with Crippen LogP contribution in [0.25, 0.3) is 0 Å². The summed E-state index contributed by atoms with van der Waals surface area (Å²) < 4.78 is 11.0. The normalized spacial score (nSPS) is 19.6. The van der Waals surface area contributed by atoms with Gasteiger partial charge in [-0.15, -0.1) is 0 Å². The zero-order valence-corrected chi connectivity index (χ0v) is 13.0. The third-order valence-electron chi connectivity index (χ3n) is 4.61. The van der Waals surface area contributed by atoms with Crippen molar-refractivity contribution in [1.82, 2.24) is 0 Å². The van der Waals surface area contributed by atoms with Gasteiger partial charge < -0.3 is 9.47 Å². The third kappa shape index (κ3) is 3.71. The van der Waals surface area contributed by atoms with Crippen molar-refractivity contribution in [3.8, 4) is 0 Å². The van der Waals surface area contributed by atoms with Crippen molar-refractivity contribution in [2.75, 3.05) is 20.3 Å². The van der Waals surface area contributed by atoms with Crippen molar-refractivity contribution in [1.29, 1.82) is 0 Å². The molecule has 0 spiro atoms. The molecule has 1 fully saturated rings. The van der Waals surface area contributed by atoms with E-state index < -0.39 is 5.41 Å². The Balaban J connectivity index is 2.84. The molecule has 0 radical (unpaired) electrons. The smallest absolute Gasteiger partial charge is 0.314 e. The van der Waals surface area contributed by atoms with Crippen molar-refractivity contribution in [3.05, 3.63) is 0 Å². The van der Waals surface area contributed by atoms with Gasteiger partial charge in [0.1, 0.15) is 0 Å². The Kier molecular flexibility index (Phi) is 6.84. The highest BCUT2D eigenvalue weighted by Gasteiger charge is 2.50. The molecule has 1 rings (SSSR count). The molecule has 112 valence electrons. The highest BCUT2D eigenvalue weighted by atomic mass is 16.5. The Bertz CT molecular complexity index is 269. The summed E-state index contributed by atoms with van der Waals surface area (Å²) in [5, 5.41) is 0. The summed E-state index contributed by atoms with van der Waals surface area (Å²) in [4.78, 5) is 12.7. The van der Waals surface area contributed by atoms with E-state index in [0.29, 0.717) is 19.1 Å². The number of methoxy groups -OCH3 is 1. The molecule has 0 heterocycles. The van der Waals surface area contributed by atoms with Crippen molar-refractivity contribution >= 4 is 5.97 Å². The molecule has 3 heteroatoms. The zero-order valence-electron chi connectivity index (χ0n) is 13.0. The van der Waals surface area contributed by atoms with Crippen molar-refractivity contribution in [2.24, 2.45) is 17.3 Å². The number of carbonyl (C=O) groups is 1. The summed E-state index contributed by atoms with van der Waals surface area (Å²) in [6.07, 6.45) is 6.71. The Morgan fingerprint density at radius 2 is 1.95 bits per heavy atom. The Labute approximate surface area is 118 Å². The van der Waals surface area contributed by atoms with Gasteiger partial charge in [0, 0.05) is 7.11 Å². The Morgan fingerprint density at radius 1 is 1.32 bits per heavy atom. The second-order valence-corrected chi connectivity index (χ2v) is 6.10. The molecule has 1 aliphatic carbocycles. The lowest BCUT2D eigenvalue weighted by atomic mass is 9.67. The largest absolute Gasteiger partial charge is 0.465 e. The molecular formula is C16H30O3. The molecule has 19 heavy (non-hydrogen) atoms. The van der Waals surface area contributed by atoms with Gasteiger partial charge in [0.15, 0.2) is 0 Å². The van der Waals surface area contributed by atoms with Crippen LogP contribution in [0.4, 0.5) is 0 Å². The molecule has 0 aromatic heterocycles. The summed E-state index contributed by atoms with van der Waals surface area (Å²) in [6, 6.07) is 0. The fourth-order valence-electron chi connectivity index (χ4n) is 3.34. The fraction of sp³-hybridized carbons (Fsp3) is 0.938. The zero-order chi connectivity index (χ0) is 14.3. The van der Waals surface area contributed by atoms with E-state index >= 15 is 0 Å². The van der Waals surface area contributed by atoms with Crippen LogP contribution >= 0.6 is 0 Å². The number of esters is 1. The van der Waals surface area contributed by atoms with Crippen LogP contribution in [0.1, 0.15) is 59.3 Å². The Hall–Kier alpha value is -0.570. The summed E-state index contributed by atoms with van der Waals surface area (Å²) in [5.74, 6) is 0.635. The van der Waals surface area contributed by atoms with Gasteiger partial charge in [-0.2, -0.15) is 0 Å². The van der Waals surface area contributed by atoms with Crippen LogP contribution in [0.2, 0.25) is 0 Å². The molecule has 1 saturated carbocycles. The van der Waals surface area contributed by atoms with Gasteiger partial charge in [-0.3, -0.25) is 4.79 Å². The van der Waals surface area contributed by atoms with E-state index in [1.54, 1.807) is 7.11 Å². The topological polar surface area (TPSA) is 35.5 Å². The number of ether oxygens (including phenoxy) is 2. The molecule has 0 aromatic rings. The molecule has 0 aromatic carbocycles. The SMILES string of the molecule is CCCCOC(=O)C(COC)(C(C)C)C1CCCC1. The van der Waals surface area contributed by atoms with Gasteiger partial charge in [-0.1, -0.05) is 40.0 Å². The van der Waals surface area contributed by atoms with Crippen LogP contribution in [0.15, 0.2) is 0 Å². The molecule has 3 nitrogen and oxygen atoms in total. The summed E-state index contributed by atoms with van der Waals surface area (Å²) in [5.41, 5.74) is -0.445. The minimum Gasteiger partial charge on any atom is -0.465 e. The first-order valence-corrected chi connectivity index (χ1v) is 7.75.